The Labute approximate surface area is 95.3 Å². The van der Waals surface area contributed by atoms with Crippen LogP contribution in [0.15, 0.2) is 12.4 Å². The summed E-state index contributed by atoms with van der Waals surface area (Å²) in [5.41, 5.74) is 0.511. The van der Waals surface area contributed by atoms with Gasteiger partial charge in [0.15, 0.2) is 0 Å². The molecule has 1 saturated carbocycles. The molecule has 1 aliphatic rings. The molecule has 1 aromatic rings. The second-order valence-electron chi connectivity index (χ2n) is 4.79. The largest absolute Gasteiger partial charge is 0.390 e. The molecule has 1 N–H and O–H groups in total. The number of ketones is 1. The zero-order valence-corrected chi connectivity index (χ0v) is 9.65. The first-order valence-corrected chi connectivity index (χ1v) is 5.79. The Morgan fingerprint density at radius 1 is 1.50 bits per heavy atom. The lowest BCUT2D eigenvalue weighted by molar-refractivity contribution is -0.125. The molecule has 1 fully saturated rings. The molecule has 0 aliphatic heterocycles. The summed E-state index contributed by atoms with van der Waals surface area (Å²) in [5, 5.41) is 14.4. The van der Waals surface area contributed by atoms with E-state index < -0.39 is 5.60 Å². The van der Waals surface area contributed by atoms with Gasteiger partial charge in [0.05, 0.1) is 11.8 Å². The standard InChI is InChI=1S/C12H18N2O2/c1-14-9-10(8-13-14)2-5-12(16)6-3-11(15)4-7-12/h8-9,16H,2-7H2,1H3. The number of nitrogens with zero attached hydrogens (tertiary/aromatic N) is 2. The third-order valence-electron chi connectivity index (χ3n) is 3.38. The monoisotopic (exact) mass is 222 g/mol. The van der Waals surface area contributed by atoms with E-state index in [9.17, 15) is 9.90 Å². The van der Waals surface area contributed by atoms with Gasteiger partial charge >= 0.3 is 0 Å². The van der Waals surface area contributed by atoms with E-state index in [0.29, 0.717) is 25.7 Å². The van der Waals surface area contributed by atoms with Crippen molar-refractivity contribution in [3.8, 4) is 0 Å². The fourth-order valence-corrected chi connectivity index (χ4v) is 2.22. The van der Waals surface area contributed by atoms with Gasteiger partial charge in [-0.25, -0.2) is 0 Å². The summed E-state index contributed by atoms with van der Waals surface area (Å²) >= 11 is 0. The zero-order valence-electron chi connectivity index (χ0n) is 9.65. The number of hydrogen-bond donors (Lipinski definition) is 1. The Morgan fingerprint density at radius 3 is 2.75 bits per heavy atom. The highest BCUT2D eigenvalue weighted by atomic mass is 16.3. The first-order chi connectivity index (χ1) is 7.57. The van der Waals surface area contributed by atoms with Crippen LogP contribution in [0.2, 0.25) is 0 Å². The molecule has 88 valence electrons. The molecule has 0 amide bonds. The van der Waals surface area contributed by atoms with Crippen LogP contribution in [0.3, 0.4) is 0 Å². The van der Waals surface area contributed by atoms with Gasteiger partial charge in [0.2, 0.25) is 0 Å². The molecule has 1 heterocycles. The molecule has 4 heteroatoms. The Hall–Kier alpha value is -1.16. The second-order valence-corrected chi connectivity index (χ2v) is 4.79. The lowest BCUT2D eigenvalue weighted by Gasteiger charge is -2.31. The van der Waals surface area contributed by atoms with Gasteiger partial charge < -0.3 is 5.11 Å². The third-order valence-corrected chi connectivity index (χ3v) is 3.38. The lowest BCUT2D eigenvalue weighted by Crippen LogP contribution is -2.34. The fourth-order valence-electron chi connectivity index (χ4n) is 2.22. The molecule has 0 unspecified atom stereocenters. The van der Waals surface area contributed by atoms with E-state index in [0.717, 1.165) is 18.4 Å². The van der Waals surface area contributed by atoms with Crippen molar-refractivity contribution in [1.29, 1.82) is 0 Å². The predicted molar refractivity (Wildman–Crippen MR) is 60.0 cm³/mol. The molecule has 1 aromatic heterocycles. The number of aryl methyl sites for hydroxylation is 2. The Kier molecular flexibility index (Phi) is 3.10. The van der Waals surface area contributed by atoms with Crippen LogP contribution in [0, 0.1) is 0 Å². The second kappa shape index (κ2) is 4.37. The van der Waals surface area contributed by atoms with Crippen LogP contribution < -0.4 is 0 Å². The van der Waals surface area contributed by atoms with Crippen LogP contribution in [0.25, 0.3) is 0 Å². The maximum absolute atomic E-state index is 11.1. The molecular weight excluding hydrogens is 204 g/mol. The Bertz CT molecular complexity index is 374. The number of carbonyl (C=O) groups excluding carboxylic acids is 1. The van der Waals surface area contributed by atoms with Crippen LogP contribution in [-0.4, -0.2) is 26.3 Å². The number of aliphatic hydroxyl groups is 1. The van der Waals surface area contributed by atoms with E-state index in [1.165, 1.54) is 0 Å². The van der Waals surface area contributed by atoms with Gasteiger partial charge in [-0.15, -0.1) is 0 Å². The van der Waals surface area contributed by atoms with E-state index in [1.54, 1.807) is 4.68 Å². The van der Waals surface area contributed by atoms with Gasteiger partial charge in [0, 0.05) is 26.1 Å². The summed E-state index contributed by atoms with van der Waals surface area (Å²) < 4.78 is 1.77. The lowest BCUT2D eigenvalue weighted by atomic mass is 9.80. The van der Waals surface area contributed by atoms with Gasteiger partial charge in [-0.05, 0) is 31.2 Å². The van der Waals surface area contributed by atoms with E-state index in [2.05, 4.69) is 5.10 Å². The highest BCUT2D eigenvalue weighted by molar-refractivity contribution is 5.79. The van der Waals surface area contributed by atoms with Crippen molar-refractivity contribution in [3.05, 3.63) is 18.0 Å². The summed E-state index contributed by atoms with van der Waals surface area (Å²) in [4.78, 5) is 11.1. The van der Waals surface area contributed by atoms with Crippen LogP contribution in [0.4, 0.5) is 0 Å². The highest BCUT2D eigenvalue weighted by Gasteiger charge is 2.31. The molecule has 0 aromatic carbocycles. The molecule has 1 aliphatic carbocycles. The SMILES string of the molecule is Cn1cc(CCC2(O)CCC(=O)CC2)cn1. The highest BCUT2D eigenvalue weighted by Crippen LogP contribution is 2.30. The van der Waals surface area contributed by atoms with Gasteiger partial charge in [0.1, 0.15) is 5.78 Å². The average Bonchev–Trinajstić information content (AvgIpc) is 2.67. The van der Waals surface area contributed by atoms with Gasteiger partial charge in [-0.2, -0.15) is 5.10 Å². The van der Waals surface area contributed by atoms with Crippen molar-refractivity contribution in [2.24, 2.45) is 7.05 Å². The van der Waals surface area contributed by atoms with Crippen molar-refractivity contribution in [2.75, 3.05) is 0 Å². The smallest absolute Gasteiger partial charge is 0.133 e. The quantitative estimate of drug-likeness (QED) is 0.836. The van der Waals surface area contributed by atoms with Crippen LogP contribution in [-0.2, 0) is 18.3 Å². The number of hydrogen-bond acceptors (Lipinski definition) is 3. The molecule has 0 bridgehead atoms. The van der Waals surface area contributed by atoms with Crippen LogP contribution in [0.1, 0.15) is 37.7 Å². The third kappa shape index (κ3) is 2.70. The molecular formula is C12H18N2O2. The average molecular weight is 222 g/mol. The maximum atomic E-state index is 11.1. The molecule has 0 atom stereocenters. The Balaban J connectivity index is 1.87. The van der Waals surface area contributed by atoms with Crippen molar-refractivity contribution in [2.45, 2.75) is 44.1 Å². The molecule has 2 rings (SSSR count). The Morgan fingerprint density at radius 2 is 2.19 bits per heavy atom. The summed E-state index contributed by atoms with van der Waals surface area (Å²) in [5.74, 6) is 0.283. The molecule has 0 radical (unpaired) electrons. The van der Waals surface area contributed by atoms with Crippen LogP contribution in [0.5, 0.6) is 0 Å². The minimum atomic E-state index is -0.635. The summed E-state index contributed by atoms with van der Waals surface area (Å²) in [6.45, 7) is 0. The van der Waals surface area contributed by atoms with Crippen LogP contribution >= 0.6 is 0 Å². The minimum absolute atomic E-state index is 0.283. The summed E-state index contributed by atoms with van der Waals surface area (Å²) in [6, 6.07) is 0. The van der Waals surface area contributed by atoms with Gasteiger partial charge in [-0.3, -0.25) is 9.48 Å². The minimum Gasteiger partial charge on any atom is -0.390 e. The predicted octanol–water partition coefficient (Wildman–Crippen LogP) is 1.23. The van der Waals surface area contributed by atoms with Crippen molar-refractivity contribution in [1.82, 2.24) is 9.78 Å². The van der Waals surface area contributed by atoms with E-state index in [4.69, 9.17) is 0 Å². The molecule has 4 nitrogen and oxygen atoms in total. The topological polar surface area (TPSA) is 55.1 Å². The molecule has 16 heavy (non-hydrogen) atoms. The number of aromatic nitrogens is 2. The first kappa shape index (κ1) is 11.3. The van der Waals surface area contributed by atoms with Crippen molar-refractivity contribution < 1.29 is 9.90 Å². The van der Waals surface area contributed by atoms with E-state index >= 15 is 0 Å². The van der Waals surface area contributed by atoms with Crippen molar-refractivity contribution >= 4 is 5.78 Å². The molecule has 0 spiro atoms. The number of rotatable bonds is 3. The molecule has 0 saturated heterocycles. The fraction of sp³-hybridized carbons (Fsp3) is 0.667. The summed E-state index contributed by atoms with van der Waals surface area (Å²) in [6.07, 6.45) is 7.66. The number of Topliss-reactive ketones (excluding diaryl/α,β-unsaturated/α-hetero) is 1. The number of carbonyl (C=O) groups is 1. The van der Waals surface area contributed by atoms with E-state index in [-0.39, 0.29) is 5.78 Å². The van der Waals surface area contributed by atoms with Gasteiger partial charge in [0.25, 0.3) is 0 Å². The van der Waals surface area contributed by atoms with E-state index in [1.807, 2.05) is 19.4 Å². The first-order valence-electron chi connectivity index (χ1n) is 5.79. The zero-order chi connectivity index (χ0) is 11.6. The van der Waals surface area contributed by atoms with Crippen molar-refractivity contribution in [3.63, 3.8) is 0 Å². The summed E-state index contributed by atoms with van der Waals surface area (Å²) in [7, 11) is 1.89. The maximum Gasteiger partial charge on any atom is 0.133 e. The normalized spacial score (nSPS) is 20.0. The van der Waals surface area contributed by atoms with Gasteiger partial charge in [-0.1, -0.05) is 0 Å².